The molecule has 6 N–H and O–H groups in total. The number of urea groups is 1. The van der Waals surface area contributed by atoms with Gasteiger partial charge in [-0.05, 0) is 61.9 Å². The Morgan fingerprint density at radius 2 is 1.65 bits per heavy atom. The molecule has 1 fully saturated rings. The molecule has 0 aliphatic carbocycles. The summed E-state index contributed by atoms with van der Waals surface area (Å²) in [5.41, 5.74) is 7.41. The highest BCUT2D eigenvalue weighted by Crippen LogP contribution is 2.31. The van der Waals surface area contributed by atoms with Crippen LogP contribution in [0.1, 0.15) is 56.2 Å². The molecule has 1 saturated heterocycles. The number of fused-ring (bicyclic) bond motifs is 2. The van der Waals surface area contributed by atoms with Crippen LogP contribution in [0, 0.1) is 0 Å². The minimum absolute atomic E-state index is 0.0151. The zero-order valence-corrected chi connectivity index (χ0v) is 40.9. The Hall–Kier alpha value is -8.15. The lowest BCUT2D eigenvalue weighted by molar-refractivity contribution is -0.137. The zero-order valence-electron chi connectivity index (χ0n) is 40.9. The zero-order chi connectivity index (χ0) is 52.6. The van der Waals surface area contributed by atoms with E-state index in [4.69, 9.17) is 24.7 Å². The number of methoxy groups -OCH3 is 1. The number of pyridine rings is 1. The van der Waals surface area contributed by atoms with Crippen molar-refractivity contribution < 1.29 is 56.9 Å². The van der Waals surface area contributed by atoms with Crippen molar-refractivity contribution in [3.05, 3.63) is 94.7 Å². The molecule has 0 saturated carbocycles. The van der Waals surface area contributed by atoms with Crippen LogP contribution in [0.5, 0.6) is 17.2 Å². The first kappa shape index (κ1) is 53.6. The van der Waals surface area contributed by atoms with Crippen LogP contribution in [0.2, 0.25) is 0 Å². The molecule has 7 rings (SSSR count). The molecule has 3 aliphatic heterocycles. The van der Waals surface area contributed by atoms with E-state index in [0.29, 0.717) is 90.8 Å². The van der Waals surface area contributed by atoms with Gasteiger partial charge in [0, 0.05) is 75.7 Å². The Kier molecular flexibility index (Phi) is 18.8. The summed E-state index contributed by atoms with van der Waals surface area (Å²) in [6.45, 7) is 1.40. The van der Waals surface area contributed by atoms with Crippen LogP contribution in [-0.2, 0) is 48.4 Å². The van der Waals surface area contributed by atoms with Crippen molar-refractivity contribution in [1.82, 2.24) is 45.2 Å². The van der Waals surface area contributed by atoms with E-state index in [1.165, 1.54) is 36.6 Å². The van der Waals surface area contributed by atoms with E-state index < -0.39 is 54.6 Å². The molecule has 0 radical (unpaired) electrons. The number of anilines is 1. The predicted molar refractivity (Wildman–Crippen MR) is 264 cm³/mol. The fourth-order valence-corrected chi connectivity index (χ4v) is 8.64. The number of aromatic nitrogens is 3. The number of nitrogens with two attached hydrogens (primary N) is 1. The lowest BCUT2D eigenvalue weighted by Gasteiger charge is -2.40. The van der Waals surface area contributed by atoms with E-state index in [1.54, 1.807) is 53.1 Å². The molecule has 3 aliphatic rings. The van der Waals surface area contributed by atoms with Gasteiger partial charge in [-0.1, -0.05) is 18.6 Å². The molecule has 0 unspecified atom stereocenters. The monoisotopic (exact) mass is 1030 g/mol. The molecule has 24 heteroatoms. The van der Waals surface area contributed by atoms with Crippen molar-refractivity contribution in [3.63, 3.8) is 0 Å². The first-order valence-electron chi connectivity index (χ1n) is 24.3. The van der Waals surface area contributed by atoms with Gasteiger partial charge in [0.15, 0.2) is 11.5 Å². The Bertz CT molecular complexity index is 2760. The number of carbonyl (C=O) groups excluding carboxylic acids is 7. The quantitative estimate of drug-likeness (QED) is 0.0497. The number of nitrogens with one attached hydrogen (secondary N) is 4. The standard InChI is InChI=1S/C50H60FN11O12/c1-71-35-12-13-37-40(25-35)60(47(67)28-55-37)21-20-59-19-16-39(36(51)30-59)62(29-34-24-41-42(26-54-34)73-23-22-72-41)50(70)74-31-32-8-10-33(11-9-32)57-48(68)38(6-5-17-53-49(52)69)58-44(64)27-56-43(63)7-3-2-4-18-61-45(65)14-15-46(61)66/h8-15,24-26,28,36,38-39H,2-7,16-23,27,29-31H2,1H3,(H,56,63)(H,57,68)(H,58,64)(H3,52,53,69)/t36-,38+,39-/m1/s1. The molecule has 0 bridgehead atoms. The molecule has 23 nitrogen and oxygen atoms in total. The van der Waals surface area contributed by atoms with Crippen molar-refractivity contribution in [1.29, 1.82) is 0 Å². The number of carbonyl (C=O) groups is 7. The largest absolute Gasteiger partial charge is 0.497 e. The van der Waals surface area contributed by atoms with E-state index in [-0.39, 0.29) is 82.4 Å². The van der Waals surface area contributed by atoms with Crippen molar-refractivity contribution in [2.24, 2.45) is 5.73 Å². The first-order chi connectivity index (χ1) is 35.7. The predicted octanol–water partition coefficient (Wildman–Crippen LogP) is 2.30. The average molecular weight is 1030 g/mol. The number of hydrogen-bond acceptors (Lipinski definition) is 15. The summed E-state index contributed by atoms with van der Waals surface area (Å²) in [5.74, 6) is -0.861. The highest BCUT2D eigenvalue weighted by molar-refractivity contribution is 6.12. The number of rotatable bonds is 24. The molecular formula is C50H60FN11O12. The number of primary amides is 1. The molecule has 2 aromatic heterocycles. The van der Waals surface area contributed by atoms with Gasteiger partial charge in [0.1, 0.15) is 37.8 Å². The molecule has 5 heterocycles. The van der Waals surface area contributed by atoms with Gasteiger partial charge >= 0.3 is 12.1 Å². The Labute approximate surface area is 424 Å². The molecule has 2 aromatic carbocycles. The lowest BCUT2D eigenvalue weighted by Crippen LogP contribution is -2.54. The van der Waals surface area contributed by atoms with Crippen LogP contribution in [0.3, 0.4) is 0 Å². The summed E-state index contributed by atoms with van der Waals surface area (Å²) < 4.78 is 40.5. The number of alkyl halides is 1. The van der Waals surface area contributed by atoms with Crippen LogP contribution < -0.4 is 46.8 Å². The van der Waals surface area contributed by atoms with Gasteiger partial charge < -0.3 is 50.5 Å². The maximum absolute atomic E-state index is 16.4. The topological polar surface area (TPSA) is 288 Å². The van der Waals surface area contributed by atoms with Crippen molar-refractivity contribution in [3.8, 4) is 17.2 Å². The number of hydrogen-bond donors (Lipinski definition) is 5. The molecule has 8 amide bonds. The second-order valence-corrected chi connectivity index (χ2v) is 17.8. The van der Waals surface area contributed by atoms with E-state index in [2.05, 4.69) is 31.2 Å². The van der Waals surface area contributed by atoms with Crippen LogP contribution in [0.25, 0.3) is 11.0 Å². The van der Waals surface area contributed by atoms with Crippen molar-refractivity contribution in [2.45, 2.75) is 82.9 Å². The van der Waals surface area contributed by atoms with E-state index in [1.807, 2.05) is 4.90 Å². The van der Waals surface area contributed by atoms with Gasteiger partial charge in [0.25, 0.3) is 17.4 Å². The molecule has 74 heavy (non-hydrogen) atoms. The van der Waals surface area contributed by atoms with Gasteiger partial charge in [-0.2, -0.15) is 0 Å². The summed E-state index contributed by atoms with van der Waals surface area (Å²) in [6.07, 6.45) is 5.19. The summed E-state index contributed by atoms with van der Waals surface area (Å²) >= 11 is 0. The number of amides is 8. The van der Waals surface area contributed by atoms with Gasteiger partial charge in [0.05, 0.1) is 55.4 Å². The number of benzene rings is 2. The Morgan fingerprint density at radius 1 is 0.878 bits per heavy atom. The number of halogens is 1. The van der Waals surface area contributed by atoms with Gasteiger partial charge in [-0.25, -0.2) is 19.0 Å². The lowest BCUT2D eigenvalue weighted by atomic mass is 10.0. The Morgan fingerprint density at radius 3 is 2.39 bits per heavy atom. The number of imide groups is 1. The van der Waals surface area contributed by atoms with Crippen molar-refractivity contribution in [2.75, 3.05) is 64.9 Å². The van der Waals surface area contributed by atoms with Gasteiger partial charge in [-0.3, -0.25) is 48.5 Å². The highest BCUT2D eigenvalue weighted by atomic mass is 19.1. The normalized spacial score (nSPS) is 16.6. The minimum Gasteiger partial charge on any atom is -0.497 e. The SMILES string of the molecule is COc1ccc2ncc(=O)n(CCN3CC[C@@H](N(Cc4cc5c(cn4)OCCO5)C(=O)OCc4ccc(NC(=O)[C@H](CCCNC(N)=O)NC(=O)CNC(=O)CCCCCN5C(=O)C=CC5=O)cc4)[C@H](F)C3)c2c1. The summed E-state index contributed by atoms with van der Waals surface area (Å²) in [7, 11) is 1.53. The molecule has 4 aromatic rings. The second-order valence-electron chi connectivity index (χ2n) is 17.8. The van der Waals surface area contributed by atoms with Crippen LogP contribution >= 0.6 is 0 Å². The molecule has 0 spiro atoms. The average Bonchev–Trinajstić information content (AvgIpc) is 3.72. The fraction of sp³-hybridized carbons (Fsp3) is 0.440. The third-order valence-electron chi connectivity index (χ3n) is 12.6. The summed E-state index contributed by atoms with van der Waals surface area (Å²) in [4.78, 5) is 114. The van der Waals surface area contributed by atoms with Gasteiger partial charge in [0.2, 0.25) is 17.7 Å². The molecule has 394 valence electrons. The number of nitrogens with zero attached hydrogens (tertiary/aromatic N) is 6. The van der Waals surface area contributed by atoms with Crippen LogP contribution in [-0.4, -0.2) is 149 Å². The fourth-order valence-electron chi connectivity index (χ4n) is 8.64. The highest BCUT2D eigenvalue weighted by Gasteiger charge is 2.37. The van der Waals surface area contributed by atoms with E-state index in [9.17, 15) is 38.4 Å². The minimum atomic E-state index is -1.50. The smallest absolute Gasteiger partial charge is 0.410 e. The number of likely N-dealkylation sites (tertiary alicyclic amines) is 1. The maximum atomic E-state index is 16.4. The van der Waals surface area contributed by atoms with Gasteiger partial charge in [-0.15, -0.1) is 0 Å². The first-order valence-corrected chi connectivity index (χ1v) is 24.3. The number of unbranched alkanes of at least 4 members (excludes halogenated alkanes) is 2. The van der Waals surface area contributed by atoms with Crippen molar-refractivity contribution >= 4 is 58.4 Å². The molecular weight excluding hydrogens is 966 g/mol. The maximum Gasteiger partial charge on any atom is 0.410 e. The summed E-state index contributed by atoms with van der Waals surface area (Å²) in [5, 5.41) is 10.4. The van der Waals surface area contributed by atoms with E-state index >= 15 is 4.39 Å². The molecule has 3 atom stereocenters. The van der Waals surface area contributed by atoms with Crippen LogP contribution in [0.4, 0.5) is 19.7 Å². The third-order valence-corrected chi connectivity index (χ3v) is 12.6. The van der Waals surface area contributed by atoms with E-state index in [0.717, 1.165) is 4.90 Å². The second kappa shape index (κ2) is 26.0. The number of ether oxygens (including phenoxy) is 4. The Balaban J connectivity index is 0.923. The summed E-state index contributed by atoms with van der Waals surface area (Å²) in [6, 6.07) is 10.6. The third kappa shape index (κ3) is 15.0. The van der Waals surface area contributed by atoms with Crippen LogP contribution in [0.15, 0.2) is 77.9 Å². The number of piperidine rings is 1.